The molecule has 2 aliphatic carbocycles. The number of halogens is 1. The summed E-state index contributed by atoms with van der Waals surface area (Å²) in [6.07, 6.45) is 5.75. The first kappa shape index (κ1) is 13.6. The van der Waals surface area contributed by atoms with Crippen LogP contribution in [0.15, 0.2) is 18.2 Å². The monoisotopic (exact) mass is 302 g/mol. The number of hydrogen-bond acceptors (Lipinski definition) is 1. The van der Waals surface area contributed by atoms with E-state index in [4.69, 9.17) is 16.6 Å². The van der Waals surface area contributed by atoms with Gasteiger partial charge in [0.2, 0.25) is 0 Å². The van der Waals surface area contributed by atoms with Crippen molar-refractivity contribution >= 4 is 22.6 Å². The lowest BCUT2D eigenvalue weighted by molar-refractivity contribution is 0.243. The zero-order valence-electron chi connectivity index (χ0n) is 12.8. The van der Waals surface area contributed by atoms with Crippen molar-refractivity contribution in [2.24, 2.45) is 17.8 Å². The molecule has 1 heterocycles. The third kappa shape index (κ3) is 2.11. The van der Waals surface area contributed by atoms with Gasteiger partial charge in [-0.1, -0.05) is 12.5 Å². The Labute approximate surface area is 131 Å². The van der Waals surface area contributed by atoms with E-state index in [9.17, 15) is 0 Å². The summed E-state index contributed by atoms with van der Waals surface area (Å²) in [6.45, 7) is 4.53. The minimum Gasteiger partial charge on any atom is -0.324 e. The Morgan fingerprint density at radius 3 is 2.86 bits per heavy atom. The molecule has 1 aromatic heterocycles. The van der Waals surface area contributed by atoms with Crippen molar-refractivity contribution in [3.63, 3.8) is 0 Å². The van der Waals surface area contributed by atoms with E-state index in [-0.39, 0.29) is 0 Å². The molecule has 2 aliphatic rings. The van der Waals surface area contributed by atoms with Gasteiger partial charge in [0, 0.05) is 6.04 Å². The molecule has 2 nitrogen and oxygen atoms in total. The lowest BCUT2D eigenvalue weighted by atomic mass is 9.83. The summed E-state index contributed by atoms with van der Waals surface area (Å²) in [7, 11) is 0. The third-order valence-corrected chi connectivity index (χ3v) is 6.10. The lowest BCUT2D eigenvalue weighted by Crippen LogP contribution is -2.23. The van der Waals surface area contributed by atoms with Gasteiger partial charge in [-0.25, -0.2) is 4.98 Å². The molecule has 0 aliphatic heterocycles. The van der Waals surface area contributed by atoms with Crippen molar-refractivity contribution in [2.75, 3.05) is 0 Å². The van der Waals surface area contributed by atoms with Crippen LogP contribution in [0.3, 0.4) is 0 Å². The van der Waals surface area contributed by atoms with Crippen LogP contribution in [0, 0.1) is 24.7 Å². The van der Waals surface area contributed by atoms with Gasteiger partial charge in [-0.2, -0.15) is 0 Å². The quantitative estimate of drug-likeness (QED) is 0.723. The van der Waals surface area contributed by atoms with Gasteiger partial charge in [-0.3, -0.25) is 0 Å². The third-order valence-electron chi connectivity index (χ3n) is 5.86. The average Bonchev–Trinajstić information content (AvgIpc) is 3.18. The number of fused-ring (bicyclic) bond motifs is 3. The number of aryl methyl sites for hydroxylation is 1. The second-order valence-corrected chi connectivity index (χ2v) is 7.37. The number of imidazole rings is 1. The molecule has 2 fully saturated rings. The molecule has 3 heteroatoms. The molecule has 1 aromatic carbocycles. The summed E-state index contributed by atoms with van der Waals surface area (Å²) in [5, 5.41) is 0. The molecule has 2 saturated carbocycles. The Balaban J connectivity index is 1.79. The van der Waals surface area contributed by atoms with Crippen LogP contribution < -0.4 is 0 Å². The summed E-state index contributed by atoms with van der Waals surface area (Å²) in [5.41, 5.74) is 3.65. The standard InChI is InChI=1S/C18H23ClN2/c1-11-3-6-16-17(7-11)21(18(10-19)20-16)12(2)15-9-13-4-5-14(15)8-13/h3,6-7,12-15H,4-5,8-10H2,1-2H3. The van der Waals surface area contributed by atoms with Crippen LogP contribution in [0.5, 0.6) is 0 Å². The largest absolute Gasteiger partial charge is 0.324 e. The smallest absolute Gasteiger partial charge is 0.125 e. The molecular formula is C18H23ClN2. The number of rotatable bonds is 3. The second-order valence-electron chi connectivity index (χ2n) is 7.10. The van der Waals surface area contributed by atoms with E-state index in [1.165, 1.54) is 36.8 Å². The highest BCUT2D eigenvalue weighted by molar-refractivity contribution is 6.16. The first-order valence-electron chi connectivity index (χ1n) is 8.20. The molecule has 0 spiro atoms. The number of aromatic nitrogens is 2. The van der Waals surface area contributed by atoms with E-state index in [1.807, 2.05) is 0 Å². The Morgan fingerprint density at radius 2 is 2.19 bits per heavy atom. The second kappa shape index (κ2) is 5.01. The zero-order chi connectivity index (χ0) is 14.6. The minimum absolute atomic E-state index is 0.499. The molecule has 4 atom stereocenters. The highest BCUT2D eigenvalue weighted by atomic mass is 35.5. The van der Waals surface area contributed by atoms with Gasteiger partial charge in [0.25, 0.3) is 0 Å². The minimum atomic E-state index is 0.499. The van der Waals surface area contributed by atoms with Gasteiger partial charge in [0.05, 0.1) is 16.9 Å². The van der Waals surface area contributed by atoms with E-state index in [0.29, 0.717) is 11.9 Å². The molecular weight excluding hydrogens is 280 g/mol. The van der Waals surface area contributed by atoms with Crippen LogP contribution in [-0.2, 0) is 5.88 Å². The van der Waals surface area contributed by atoms with Crippen molar-refractivity contribution in [3.8, 4) is 0 Å². The van der Waals surface area contributed by atoms with Crippen LogP contribution >= 0.6 is 11.6 Å². The van der Waals surface area contributed by atoms with Gasteiger partial charge in [-0.15, -0.1) is 11.6 Å². The number of benzene rings is 1. The van der Waals surface area contributed by atoms with Gasteiger partial charge in [0.1, 0.15) is 5.82 Å². The fourth-order valence-corrected chi connectivity index (χ4v) is 5.07. The number of nitrogens with zero attached hydrogens (tertiary/aromatic N) is 2. The van der Waals surface area contributed by atoms with Crippen molar-refractivity contribution in [1.29, 1.82) is 0 Å². The summed E-state index contributed by atoms with van der Waals surface area (Å²) in [5.74, 6) is 4.25. The maximum atomic E-state index is 6.19. The van der Waals surface area contributed by atoms with Crippen molar-refractivity contribution in [2.45, 2.75) is 51.5 Å². The summed E-state index contributed by atoms with van der Waals surface area (Å²) in [4.78, 5) is 4.76. The molecule has 0 amide bonds. The Kier molecular flexibility index (Phi) is 3.25. The number of hydrogen-bond donors (Lipinski definition) is 0. The molecule has 0 radical (unpaired) electrons. The fourth-order valence-electron chi connectivity index (χ4n) is 4.88. The van der Waals surface area contributed by atoms with Crippen LogP contribution in [0.25, 0.3) is 11.0 Å². The van der Waals surface area contributed by atoms with Gasteiger partial charge >= 0.3 is 0 Å². The van der Waals surface area contributed by atoms with E-state index >= 15 is 0 Å². The normalized spacial score (nSPS) is 29.4. The maximum absolute atomic E-state index is 6.19. The molecule has 112 valence electrons. The van der Waals surface area contributed by atoms with Crippen molar-refractivity contribution in [1.82, 2.24) is 9.55 Å². The van der Waals surface area contributed by atoms with E-state index in [1.54, 1.807) is 0 Å². The van der Waals surface area contributed by atoms with Crippen molar-refractivity contribution < 1.29 is 0 Å². The predicted molar refractivity (Wildman–Crippen MR) is 87.7 cm³/mol. The van der Waals surface area contributed by atoms with E-state index < -0.39 is 0 Å². The van der Waals surface area contributed by atoms with E-state index in [0.717, 1.165) is 29.1 Å². The topological polar surface area (TPSA) is 17.8 Å². The molecule has 0 saturated heterocycles. The zero-order valence-corrected chi connectivity index (χ0v) is 13.6. The highest BCUT2D eigenvalue weighted by Gasteiger charge is 2.42. The maximum Gasteiger partial charge on any atom is 0.125 e. The number of alkyl halides is 1. The summed E-state index contributed by atoms with van der Waals surface area (Å²) >= 11 is 6.19. The fraction of sp³-hybridized carbons (Fsp3) is 0.611. The lowest BCUT2D eigenvalue weighted by Gasteiger charge is -2.30. The average molecular weight is 303 g/mol. The van der Waals surface area contributed by atoms with Gasteiger partial charge in [0.15, 0.2) is 0 Å². The Morgan fingerprint density at radius 1 is 1.33 bits per heavy atom. The Bertz CT molecular complexity index is 675. The van der Waals surface area contributed by atoms with Gasteiger partial charge in [-0.05, 0) is 68.6 Å². The van der Waals surface area contributed by atoms with E-state index in [2.05, 4.69) is 36.6 Å². The molecule has 2 aromatic rings. The molecule has 2 bridgehead atoms. The summed E-state index contributed by atoms with van der Waals surface area (Å²) < 4.78 is 2.43. The highest BCUT2D eigenvalue weighted by Crippen LogP contribution is 2.52. The molecule has 21 heavy (non-hydrogen) atoms. The molecule has 4 unspecified atom stereocenters. The van der Waals surface area contributed by atoms with Crippen LogP contribution in [0.1, 0.15) is 50.0 Å². The van der Waals surface area contributed by atoms with Gasteiger partial charge < -0.3 is 4.57 Å². The Hall–Kier alpha value is -1.02. The van der Waals surface area contributed by atoms with Crippen LogP contribution in [-0.4, -0.2) is 9.55 Å². The van der Waals surface area contributed by atoms with Crippen LogP contribution in [0.4, 0.5) is 0 Å². The molecule has 0 N–H and O–H groups in total. The predicted octanol–water partition coefficient (Wildman–Crippen LogP) is 5.08. The summed E-state index contributed by atoms with van der Waals surface area (Å²) in [6, 6.07) is 7.05. The molecule has 4 rings (SSSR count). The first-order chi connectivity index (χ1) is 10.2. The van der Waals surface area contributed by atoms with Crippen LogP contribution in [0.2, 0.25) is 0 Å². The SMILES string of the molecule is Cc1ccc2nc(CCl)n(C(C)C3CC4CCC3C4)c2c1. The first-order valence-corrected chi connectivity index (χ1v) is 8.74. The van der Waals surface area contributed by atoms with Crippen molar-refractivity contribution in [3.05, 3.63) is 29.6 Å².